The number of carboxylic acids is 1. The van der Waals surface area contributed by atoms with Crippen LogP contribution in [0.4, 0.5) is 0 Å². The van der Waals surface area contributed by atoms with E-state index in [1.807, 2.05) is 0 Å². The summed E-state index contributed by atoms with van der Waals surface area (Å²) in [6.07, 6.45) is 1.57. The Labute approximate surface area is 80.4 Å². The first-order valence-corrected chi connectivity index (χ1v) is 4.17. The van der Waals surface area contributed by atoms with Crippen LogP contribution < -0.4 is 5.73 Å². The fourth-order valence-corrected chi connectivity index (χ4v) is 1.31. The predicted octanol–water partition coefficient (Wildman–Crippen LogP) is 1.22. The first-order valence-electron chi connectivity index (χ1n) is 3.76. The lowest BCUT2D eigenvalue weighted by atomic mass is 10.1. The fraction of sp³-hybridized carbons (Fsp3) is 0.250. The zero-order valence-corrected chi connectivity index (χ0v) is 7.67. The van der Waals surface area contributed by atoms with E-state index in [2.05, 4.69) is 4.98 Å². The molecule has 1 aromatic heterocycles. The van der Waals surface area contributed by atoms with Gasteiger partial charge in [0.1, 0.15) is 4.64 Å². The predicted molar refractivity (Wildman–Crippen MR) is 50.8 cm³/mol. The number of H-pyrrole nitrogens is 1. The molecule has 0 saturated heterocycles. The summed E-state index contributed by atoms with van der Waals surface area (Å²) in [5.41, 5.74) is 6.30. The number of rotatable bonds is 3. The third-order valence-corrected chi connectivity index (χ3v) is 2.00. The van der Waals surface area contributed by atoms with E-state index < -0.39 is 12.0 Å². The van der Waals surface area contributed by atoms with Crippen molar-refractivity contribution in [1.82, 2.24) is 4.98 Å². The number of nitrogens with one attached hydrogen (secondary N) is 1. The highest BCUT2D eigenvalue weighted by Gasteiger charge is 2.11. The van der Waals surface area contributed by atoms with E-state index >= 15 is 0 Å². The van der Waals surface area contributed by atoms with Crippen molar-refractivity contribution in [2.45, 2.75) is 12.5 Å². The second-order valence-corrected chi connectivity index (χ2v) is 3.07. The van der Waals surface area contributed by atoms with Crippen LogP contribution in [0.25, 0.3) is 0 Å². The van der Waals surface area contributed by atoms with E-state index in [0.29, 0.717) is 10.2 Å². The summed E-state index contributed by atoms with van der Waals surface area (Å²) in [5, 5.41) is 8.51. The molecular weight excluding hydrogens is 188 g/mol. The van der Waals surface area contributed by atoms with Crippen LogP contribution in [-0.4, -0.2) is 16.1 Å². The Balaban J connectivity index is 2.89. The van der Waals surface area contributed by atoms with Gasteiger partial charge in [0.15, 0.2) is 0 Å². The van der Waals surface area contributed by atoms with E-state index in [-0.39, 0.29) is 6.42 Å². The number of aliphatic carboxylic acids is 1. The molecule has 0 aliphatic rings. The van der Waals surface area contributed by atoms with Crippen LogP contribution in [0, 0.1) is 4.64 Å². The Bertz CT molecular complexity index is 361. The summed E-state index contributed by atoms with van der Waals surface area (Å²) in [6, 6.07) is 2.93. The largest absolute Gasteiger partial charge is 0.481 e. The van der Waals surface area contributed by atoms with Crippen LogP contribution in [0.3, 0.4) is 0 Å². The minimum absolute atomic E-state index is 0.110. The maximum Gasteiger partial charge on any atom is 0.305 e. The standard InChI is InChI=1S/C8H10N2O2S/c9-6(4-7(11)12)5-2-1-3-10-8(5)13/h1-3,6H,4,9H2,(H,10,13)(H,11,12)/t6-/m0/s1. The lowest BCUT2D eigenvalue weighted by molar-refractivity contribution is -0.137. The van der Waals surface area contributed by atoms with Crippen LogP contribution in [0.15, 0.2) is 18.3 Å². The molecule has 70 valence electrons. The zero-order chi connectivity index (χ0) is 9.84. The highest BCUT2D eigenvalue weighted by atomic mass is 32.1. The Morgan fingerprint density at radius 1 is 1.77 bits per heavy atom. The van der Waals surface area contributed by atoms with Gasteiger partial charge in [0.2, 0.25) is 0 Å². The van der Waals surface area contributed by atoms with E-state index in [4.69, 9.17) is 23.1 Å². The fourth-order valence-electron chi connectivity index (χ4n) is 1.02. The molecule has 0 saturated carbocycles. The molecular formula is C8H10N2O2S. The molecule has 1 atom stereocenters. The topological polar surface area (TPSA) is 79.1 Å². The van der Waals surface area contributed by atoms with Crippen LogP contribution in [0.1, 0.15) is 18.0 Å². The van der Waals surface area contributed by atoms with Gasteiger partial charge in [0, 0.05) is 17.8 Å². The number of carboxylic acid groups (broad SMARTS) is 1. The van der Waals surface area contributed by atoms with Crippen molar-refractivity contribution in [2.75, 3.05) is 0 Å². The van der Waals surface area contributed by atoms with Gasteiger partial charge in [-0.2, -0.15) is 0 Å². The first kappa shape index (κ1) is 9.88. The summed E-state index contributed by atoms with van der Waals surface area (Å²) < 4.78 is 0.497. The molecule has 0 fully saturated rings. The van der Waals surface area contributed by atoms with Crippen molar-refractivity contribution in [3.63, 3.8) is 0 Å². The lowest BCUT2D eigenvalue weighted by Gasteiger charge is -2.08. The van der Waals surface area contributed by atoms with Crippen LogP contribution in [-0.2, 0) is 4.79 Å². The number of pyridine rings is 1. The smallest absolute Gasteiger partial charge is 0.305 e. The van der Waals surface area contributed by atoms with E-state index in [0.717, 1.165) is 0 Å². The van der Waals surface area contributed by atoms with Crippen LogP contribution >= 0.6 is 12.2 Å². The monoisotopic (exact) mass is 198 g/mol. The van der Waals surface area contributed by atoms with Gasteiger partial charge in [0.05, 0.1) is 6.42 Å². The molecule has 0 aromatic carbocycles. The van der Waals surface area contributed by atoms with Gasteiger partial charge in [-0.1, -0.05) is 18.3 Å². The highest BCUT2D eigenvalue weighted by molar-refractivity contribution is 7.71. The van der Waals surface area contributed by atoms with Crippen molar-refractivity contribution >= 4 is 18.2 Å². The summed E-state index contributed by atoms with van der Waals surface area (Å²) in [6.45, 7) is 0. The number of hydrogen-bond acceptors (Lipinski definition) is 3. The van der Waals surface area contributed by atoms with Gasteiger partial charge in [-0.05, 0) is 6.07 Å². The SMILES string of the molecule is N[C@@H](CC(=O)O)c1ccc[nH]c1=S. The summed E-state index contributed by atoms with van der Waals surface area (Å²) in [4.78, 5) is 13.2. The highest BCUT2D eigenvalue weighted by Crippen LogP contribution is 2.13. The van der Waals surface area contributed by atoms with Gasteiger partial charge in [-0.25, -0.2) is 0 Å². The molecule has 0 bridgehead atoms. The normalized spacial score (nSPS) is 12.4. The molecule has 0 aliphatic heterocycles. The molecule has 0 radical (unpaired) electrons. The molecule has 0 unspecified atom stereocenters. The third kappa shape index (κ3) is 2.64. The van der Waals surface area contributed by atoms with Gasteiger partial charge >= 0.3 is 5.97 Å². The lowest BCUT2D eigenvalue weighted by Crippen LogP contribution is -2.15. The maximum atomic E-state index is 10.4. The average molecular weight is 198 g/mol. The van der Waals surface area contributed by atoms with Gasteiger partial charge < -0.3 is 15.8 Å². The zero-order valence-electron chi connectivity index (χ0n) is 6.86. The molecule has 13 heavy (non-hydrogen) atoms. The third-order valence-electron chi connectivity index (χ3n) is 1.64. The molecule has 5 heteroatoms. The summed E-state index contributed by atoms with van der Waals surface area (Å²) in [7, 11) is 0. The second-order valence-electron chi connectivity index (χ2n) is 2.66. The molecule has 1 heterocycles. The number of nitrogens with two attached hydrogens (primary N) is 1. The Kier molecular flexibility index (Phi) is 3.16. The number of hydrogen-bond donors (Lipinski definition) is 3. The van der Waals surface area contributed by atoms with E-state index in [1.165, 1.54) is 0 Å². The van der Waals surface area contributed by atoms with Crippen molar-refractivity contribution in [1.29, 1.82) is 0 Å². The number of carbonyl (C=O) groups is 1. The van der Waals surface area contributed by atoms with Crippen molar-refractivity contribution in [3.8, 4) is 0 Å². The summed E-state index contributed by atoms with van der Waals surface area (Å²) in [5.74, 6) is -0.925. The second kappa shape index (κ2) is 4.15. The molecule has 4 N–H and O–H groups in total. The minimum Gasteiger partial charge on any atom is -0.481 e. The molecule has 1 aromatic rings. The van der Waals surface area contributed by atoms with Crippen molar-refractivity contribution in [2.24, 2.45) is 5.73 Å². The molecule has 0 aliphatic carbocycles. The van der Waals surface area contributed by atoms with Gasteiger partial charge in [0.25, 0.3) is 0 Å². The van der Waals surface area contributed by atoms with Crippen molar-refractivity contribution in [3.05, 3.63) is 28.5 Å². The van der Waals surface area contributed by atoms with E-state index in [1.54, 1.807) is 18.3 Å². The Morgan fingerprint density at radius 2 is 2.46 bits per heavy atom. The maximum absolute atomic E-state index is 10.4. The number of aromatic amines is 1. The molecule has 0 amide bonds. The Morgan fingerprint density at radius 3 is 3.00 bits per heavy atom. The molecule has 0 spiro atoms. The minimum atomic E-state index is -0.925. The quantitative estimate of drug-likeness (QED) is 0.638. The van der Waals surface area contributed by atoms with Gasteiger partial charge in [-0.15, -0.1) is 0 Å². The number of aromatic nitrogens is 1. The summed E-state index contributed by atoms with van der Waals surface area (Å²) >= 11 is 4.95. The van der Waals surface area contributed by atoms with Crippen LogP contribution in [0.2, 0.25) is 0 Å². The average Bonchev–Trinajstić information content (AvgIpc) is 2.03. The van der Waals surface area contributed by atoms with E-state index in [9.17, 15) is 4.79 Å². The molecule has 4 nitrogen and oxygen atoms in total. The van der Waals surface area contributed by atoms with Crippen molar-refractivity contribution < 1.29 is 9.90 Å². The van der Waals surface area contributed by atoms with Gasteiger partial charge in [-0.3, -0.25) is 4.79 Å². The first-order chi connectivity index (χ1) is 6.11. The van der Waals surface area contributed by atoms with Crippen LogP contribution in [0.5, 0.6) is 0 Å². The Hall–Kier alpha value is -1.20. The molecule has 1 rings (SSSR count).